The van der Waals surface area contributed by atoms with Gasteiger partial charge in [-0.25, -0.2) is 4.79 Å². The molecule has 5 heteroatoms. The summed E-state index contributed by atoms with van der Waals surface area (Å²) in [5.74, 6) is -0.0785. The number of rotatable bonds is 5. The van der Waals surface area contributed by atoms with Crippen LogP contribution in [0.2, 0.25) is 0 Å². The van der Waals surface area contributed by atoms with Gasteiger partial charge in [0, 0.05) is 56.7 Å². The van der Waals surface area contributed by atoms with Crippen LogP contribution in [0.3, 0.4) is 0 Å². The first-order chi connectivity index (χ1) is 16.2. The largest absolute Gasteiger partial charge is 0.478 e. The fourth-order valence-corrected chi connectivity index (χ4v) is 6.04. The average Bonchev–Trinajstić information content (AvgIpc) is 2.90. The molecule has 0 bridgehead atoms. The summed E-state index contributed by atoms with van der Waals surface area (Å²) in [7, 11) is 0. The van der Waals surface area contributed by atoms with Gasteiger partial charge < -0.3 is 14.9 Å². The number of hydrogen-bond donors (Lipinski definition) is 1. The van der Waals surface area contributed by atoms with Crippen LogP contribution in [0, 0.1) is 0 Å². The van der Waals surface area contributed by atoms with Crippen LogP contribution in [-0.2, 0) is 0 Å². The monoisotopic (exact) mass is 447 g/mol. The molecule has 1 saturated carbocycles. The van der Waals surface area contributed by atoms with E-state index in [9.17, 15) is 4.79 Å². The van der Waals surface area contributed by atoms with Gasteiger partial charge in [0.25, 0.3) is 0 Å². The lowest BCUT2D eigenvalue weighted by molar-refractivity contribution is 0.0697. The van der Waals surface area contributed by atoms with E-state index in [1.54, 1.807) is 17.7 Å². The summed E-state index contributed by atoms with van der Waals surface area (Å²) < 4.78 is 0. The first-order valence-corrected chi connectivity index (χ1v) is 12.8. The lowest BCUT2D eigenvalue weighted by atomic mass is 9.84. The molecule has 0 aromatic heterocycles. The highest BCUT2D eigenvalue weighted by molar-refractivity contribution is 5.88. The predicted octanol–water partition coefficient (Wildman–Crippen LogP) is 5.22. The smallest absolute Gasteiger partial charge is 0.335 e. The van der Waals surface area contributed by atoms with Gasteiger partial charge in [-0.1, -0.05) is 31.4 Å². The first-order valence-electron chi connectivity index (χ1n) is 12.8. The Labute approximate surface area is 198 Å². The van der Waals surface area contributed by atoms with E-state index in [1.165, 1.54) is 50.6 Å². The number of nitrogens with zero attached hydrogens (tertiary/aromatic N) is 3. The maximum Gasteiger partial charge on any atom is 0.335 e. The summed E-state index contributed by atoms with van der Waals surface area (Å²) in [5, 5.41) is 9.10. The van der Waals surface area contributed by atoms with Crippen LogP contribution in [0.15, 0.2) is 48.5 Å². The van der Waals surface area contributed by atoms with Crippen LogP contribution in [0.1, 0.15) is 66.8 Å². The second-order valence-electron chi connectivity index (χ2n) is 10.0. The Morgan fingerprint density at radius 2 is 1.21 bits per heavy atom. The molecule has 5 rings (SSSR count). The van der Waals surface area contributed by atoms with Gasteiger partial charge in [0.15, 0.2) is 0 Å². The van der Waals surface area contributed by atoms with Gasteiger partial charge in [0.05, 0.1) is 5.56 Å². The number of aromatic carboxylic acids is 1. The third kappa shape index (κ3) is 5.19. The van der Waals surface area contributed by atoms with E-state index in [4.69, 9.17) is 5.11 Å². The first kappa shape index (κ1) is 22.3. The van der Waals surface area contributed by atoms with Crippen LogP contribution in [0.25, 0.3) is 0 Å². The summed E-state index contributed by atoms with van der Waals surface area (Å²) in [6.07, 6.45) is 9.29. The molecule has 1 aliphatic carbocycles. The molecule has 1 N–H and O–H groups in total. The van der Waals surface area contributed by atoms with Gasteiger partial charge >= 0.3 is 5.97 Å². The Kier molecular flexibility index (Phi) is 6.86. The van der Waals surface area contributed by atoms with Gasteiger partial charge in [0.1, 0.15) is 0 Å². The maximum atomic E-state index is 11.1. The quantitative estimate of drug-likeness (QED) is 0.681. The standard InChI is InChI=1S/C28H37N3O2/c32-28(33)24-8-12-25(13-9-24)29-16-14-27(15-17-29)31-20-18-30(19-21-31)26-10-6-23(7-11-26)22-4-2-1-3-5-22/h6-13,22,27H,1-5,14-21H2,(H,32,33). The van der Waals surface area contributed by atoms with E-state index < -0.39 is 5.97 Å². The summed E-state index contributed by atoms with van der Waals surface area (Å²) in [4.78, 5) is 18.7. The van der Waals surface area contributed by atoms with Crippen molar-refractivity contribution in [3.8, 4) is 0 Å². The number of piperazine rings is 1. The van der Waals surface area contributed by atoms with Crippen molar-refractivity contribution in [2.24, 2.45) is 0 Å². The minimum Gasteiger partial charge on any atom is -0.478 e. The average molecular weight is 448 g/mol. The summed E-state index contributed by atoms with van der Waals surface area (Å²) >= 11 is 0. The molecule has 2 aromatic rings. The van der Waals surface area contributed by atoms with Crippen LogP contribution < -0.4 is 9.80 Å². The van der Waals surface area contributed by atoms with Crippen LogP contribution in [0.4, 0.5) is 11.4 Å². The van der Waals surface area contributed by atoms with Gasteiger partial charge in [-0.2, -0.15) is 0 Å². The van der Waals surface area contributed by atoms with Crippen LogP contribution >= 0.6 is 0 Å². The summed E-state index contributed by atoms with van der Waals surface area (Å²) in [5.41, 5.74) is 4.42. The zero-order valence-electron chi connectivity index (χ0n) is 19.7. The molecule has 3 aliphatic rings. The molecule has 2 aliphatic heterocycles. The maximum absolute atomic E-state index is 11.1. The van der Waals surface area contributed by atoms with E-state index in [1.807, 2.05) is 12.1 Å². The minimum absolute atomic E-state index is 0.357. The van der Waals surface area contributed by atoms with Crippen molar-refractivity contribution in [2.75, 3.05) is 49.1 Å². The third-order valence-electron chi connectivity index (χ3n) is 8.11. The Hall–Kier alpha value is -2.53. The number of carbonyl (C=O) groups is 1. The second kappa shape index (κ2) is 10.2. The highest BCUT2D eigenvalue weighted by Gasteiger charge is 2.28. The summed E-state index contributed by atoms with van der Waals surface area (Å²) in [6.45, 7) is 6.59. The molecule has 176 valence electrons. The number of carboxylic acids is 1. The molecule has 5 nitrogen and oxygen atoms in total. The molecular weight excluding hydrogens is 410 g/mol. The van der Waals surface area contributed by atoms with Crippen molar-refractivity contribution in [2.45, 2.75) is 56.9 Å². The SMILES string of the molecule is O=C(O)c1ccc(N2CCC(N3CCN(c4ccc(C5CCCCC5)cc4)CC3)CC2)cc1. The van der Waals surface area contributed by atoms with Gasteiger partial charge in [-0.05, 0) is 73.6 Å². The number of carboxylic acid groups (broad SMARTS) is 1. The van der Waals surface area contributed by atoms with Crippen molar-refractivity contribution in [1.82, 2.24) is 4.90 Å². The van der Waals surface area contributed by atoms with E-state index in [0.717, 1.165) is 50.9 Å². The molecular formula is C28H37N3O2. The topological polar surface area (TPSA) is 47.0 Å². The lowest BCUT2D eigenvalue weighted by Gasteiger charge is -2.44. The van der Waals surface area contributed by atoms with E-state index in [2.05, 4.69) is 39.0 Å². The fourth-order valence-electron chi connectivity index (χ4n) is 6.04. The number of benzene rings is 2. The number of piperidine rings is 1. The highest BCUT2D eigenvalue weighted by atomic mass is 16.4. The predicted molar refractivity (Wildman–Crippen MR) is 135 cm³/mol. The van der Waals surface area contributed by atoms with Crippen molar-refractivity contribution < 1.29 is 9.90 Å². The molecule has 2 aromatic carbocycles. The van der Waals surface area contributed by atoms with E-state index in [-0.39, 0.29) is 0 Å². The molecule has 3 fully saturated rings. The molecule has 2 saturated heterocycles. The zero-order valence-corrected chi connectivity index (χ0v) is 19.7. The Bertz CT molecular complexity index is 905. The number of hydrogen-bond acceptors (Lipinski definition) is 4. The van der Waals surface area contributed by atoms with E-state index in [0.29, 0.717) is 11.6 Å². The van der Waals surface area contributed by atoms with Crippen LogP contribution in [-0.4, -0.2) is 61.3 Å². The molecule has 0 atom stereocenters. The Balaban J connectivity index is 1.09. The Morgan fingerprint density at radius 1 is 0.667 bits per heavy atom. The molecule has 33 heavy (non-hydrogen) atoms. The molecule has 0 unspecified atom stereocenters. The highest BCUT2D eigenvalue weighted by Crippen LogP contribution is 2.33. The van der Waals surface area contributed by atoms with Crippen LogP contribution in [0.5, 0.6) is 0 Å². The van der Waals surface area contributed by atoms with Gasteiger partial charge in [0.2, 0.25) is 0 Å². The molecule has 0 radical (unpaired) electrons. The van der Waals surface area contributed by atoms with Crippen molar-refractivity contribution in [1.29, 1.82) is 0 Å². The summed E-state index contributed by atoms with van der Waals surface area (Å²) in [6, 6.07) is 17.5. The normalized spacial score (nSPS) is 21.3. The number of anilines is 2. The van der Waals surface area contributed by atoms with Crippen molar-refractivity contribution in [3.63, 3.8) is 0 Å². The van der Waals surface area contributed by atoms with Crippen molar-refractivity contribution >= 4 is 17.3 Å². The van der Waals surface area contributed by atoms with Gasteiger partial charge in [-0.15, -0.1) is 0 Å². The molecule has 0 amide bonds. The van der Waals surface area contributed by atoms with Gasteiger partial charge in [-0.3, -0.25) is 4.90 Å². The van der Waals surface area contributed by atoms with Crippen molar-refractivity contribution in [3.05, 3.63) is 59.7 Å². The molecule has 0 spiro atoms. The second-order valence-corrected chi connectivity index (χ2v) is 10.0. The zero-order chi connectivity index (χ0) is 22.6. The Morgan fingerprint density at radius 3 is 1.79 bits per heavy atom. The fraction of sp³-hybridized carbons (Fsp3) is 0.536. The van der Waals surface area contributed by atoms with E-state index >= 15 is 0 Å². The minimum atomic E-state index is -0.862. The third-order valence-corrected chi connectivity index (χ3v) is 8.11. The molecule has 2 heterocycles. The lowest BCUT2D eigenvalue weighted by Crippen LogP contribution is -2.53.